The minimum atomic E-state index is -0.104. The van der Waals surface area contributed by atoms with E-state index in [4.69, 9.17) is 4.52 Å². The van der Waals surface area contributed by atoms with Crippen LogP contribution in [0.25, 0.3) is 0 Å². The zero-order valence-corrected chi connectivity index (χ0v) is 17.2. The van der Waals surface area contributed by atoms with E-state index in [1.807, 2.05) is 31.7 Å². The molecule has 0 saturated carbocycles. The van der Waals surface area contributed by atoms with Gasteiger partial charge in [-0.15, -0.1) is 0 Å². The molecule has 8 nitrogen and oxygen atoms in total. The molecule has 3 rings (SSSR count). The number of hydrogen-bond acceptors (Lipinski definition) is 5. The Balaban J connectivity index is 1.53. The Labute approximate surface area is 169 Å². The third-order valence-corrected chi connectivity index (χ3v) is 5.53. The molecule has 1 unspecified atom stereocenters. The molecule has 2 amide bonds. The maximum Gasteiger partial charge on any atom is 0.250 e. The van der Waals surface area contributed by atoms with Crippen molar-refractivity contribution in [3.8, 4) is 0 Å². The van der Waals surface area contributed by atoms with Crippen LogP contribution in [-0.2, 0) is 22.7 Å². The predicted molar refractivity (Wildman–Crippen MR) is 107 cm³/mol. The standard InChI is InChI=1S/C21H28N4O4/c1-14-5-4-6-21(28)25(14)12-10-19(26)22-17-7-8-20(27)24(11-9-17)13-18-15(2)23-29-16(18)3/h4-6,17H,7-13H2,1-3H3,(H,22,26). The van der Waals surface area contributed by atoms with Gasteiger partial charge in [-0.3, -0.25) is 14.4 Å². The highest BCUT2D eigenvalue weighted by atomic mass is 16.5. The highest BCUT2D eigenvalue weighted by Crippen LogP contribution is 2.19. The van der Waals surface area contributed by atoms with Crippen molar-refractivity contribution in [3.05, 3.63) is 51.3 Å². The van der Waals surface area contributed by atoms with Gasteiger partial charge in [-0.05, 0) is 39.7 Å². The van der Waals surface area contributed by atoms with Crippen LogP contribution in [0.4, 0.5) is 0 Å². The maximum atomic E-state index is 12.5. The van der Waals surface area contributed by atoms with Crippen molar-refractivity contribution in [2.45, 2.75) is 65.6 Å². The van der Waals surface area contributed by atoms with Crippen molar-refractivity contribution >= 4 is 11.8 Å². The van der Waals surface area contributed by atoms with Crippen molar-refractivity contribution in [1.29, 1.82) is 0 Å². The van der Waals surface area contributed by atoms with Crippen LogP contribution in [0, 0.1) is 20.8 Å². The fourth-order valence-corrected chi connectivity index (χ4v) is 3.69. The number of aryl methyl sites for hydroxylation is 3. The fraction of sp³-hybridized carbons (Fsp3) is 0.524. The van der Waals surface area contributed by atoms with E-state index in [1.165, 1.54) is 6.07 Å². The second-order valence-electron chi connectivity index (χ2n) is 7.62. The Hall–Kier alpha value is -2.90. The highest BCUT2D eigenvalue weighted by Gasteiger charge is 2.25. The monoisotopic (exact) mass is 400 g/mol. The maximum absolute atomic E-state index is 12.5. The van der Waals surface area contributed by atoms with Gasteiger partial charge in [-0.1, -0.05) is 11.2 Å². The summed E-state index contributed by atoms with van der Waals surface area (Å²) < 4.78 is 6.79. The highest BCUT2D eigenvalue weighted by molar-refractivity contribution is 5.78. The van der Waals surface area contributed by atoms with Gasteiger partial charge in [0.2, 0.25) is 11.8 Å². The molecule has 0 aliphatic carbocycles. The Morgan fingerprint density at radius 1 is 1.24 bits per heavy atom. The minimum absolute atomic E-state index is 0.0466. The van der Waals surface area contributed by atoms with E-state index in [0.29, 0.717) is 38.9 Å². The fourth-order valence-electron chi connectivity index (χ4n) is 3.69. The summed E-state index contributed by atoms with van der Waals surface area (Å²) in [4.78, 5) is 38.6. The Kier molecular flexibility index (Phi) is 6.51. The van der Waals surface area contributed by atoms with E-state index in [9.17, 15) is 14.4 Å². The molecular weight excluding hydrogens is 372 g/mol. The van der Waals surface area contributed by atoms with Crippen LogP contribution in [0.3, 0.4) is 0 Å². The van der Waals surface area contributed by atoms with Gasteiger partial charge in [0.05, 0.1) is 12.2 Å². The van der Waals surface area contributed by atoms with Gasteiger partial charge in [0, 0.05) is 49.3 Å². The number of aromatic nitrogens is 2. The van der Waals surface area contributed by atoms with E-state index < -0.39 is 0 Å². The molecule has 1 fully saturated rings. The Bertz CT molecular complexity index is 927. The van der Waals surface area contributed by atoms with Gasteiger partial charge in [-0.2, -0.15) is 0 Å². The number of carbonyl (C=O) groups is 2. The van der Waals surface area contributed by atoms with Crippen LogP contribution >= 0.6 is 0 Å². The predicted octanol–water partition coefficient (Wildman–Crippen LogP) is 1.85. The van der Waals surface area contributed by atoms with Crippen molar-refractivity contribution in [3.63, 3.8) is 0 Å². The first kappa shape index (κ1) is 20.8. The van der Waals surface area contributed by atoms with Crippen LogP contribution < -0.4 is 10.9 Å². The SMILES string of the molecule is Cc1noc(C)c1CN1CCC(NC(=O)CCn2c(C)cccc2=O)CCC1=O. The lowest BCUT2D eigenvalue weighted by Crippen LogP contribution is -2.37. The van der Waals surface area contributed by atoms with Gasteiger partial charge in [0.15, 0.2) is 0 Å². The number of nitrogens with zero attached hydrogens (tertiary/aromatic N) is 3. The number of hydrogen-bond donors (Lipinski definition) is 1. The molecule has 0 bridgehead atoms. The summed E-state index contributed by atoms with van der Waals surface area (Å²) in [6, 6.07) is 5.01. The molecule has 0 spiro atoms. The summed E-state index contributed by atoms with van der Waals surface area (Å²) in [5.74, 6) is 0.709. The quantitative estimate of drug-likeness (QED) is 0.798. The third-order valence-electron chi connectivity index (χ3n) is 5.53. The molecule has 1 aliphatic rings. The van der Waals surface area contributed by atoms with E-state index in [-0.39, 0.29) is 29.8 Å². The molecule has 8 heteroatoms. The van der Waals surface area contributed by atoms with E-state index in [1.54, 1.807) is 10.6 Å². The number of pyridine rings is 1. The molecule has 29 heavy (non-hydrogen) atoms. The summed E-state index contributed by atoms with van der Waals surface area (Å²) >= 11 is 0. The van der Waals surface area contributed by atoms with Gasteiger partial charge in [0.25, 0.3) is 5.56 Å². The normalized spacial score (nSPS) is 17.3. The first-order valence-electron chi connectivity index (χ1n) is 10.0. The van der Waals surface area contributed by atoms with Crippen LogP contribution in [0.5, 0.6) is 0 Å². The zero-order valence-electron chi connectivity index (χ0n) is 17.2. The minimum Gasteiger partial charge on any atom is -0.361 e. The van der Waals surface area contributed by atoms with E-state index in [0.717, 1.165) is 22.7 Å². The Morgan fingerprint density at radius 2 is 2.03 bits per heavy atom. The molecule has 2 aromatic heterocycles. The van der Waals surface area contributed by atoms with Gasteiger partial charge in [0.1, 0.15) is 5.76 Å². The molecular formula is C21H28N4O4. The van der Waals surface area contributed by atoms with Crippen molar-refractivity contribution < 1.29 is 14.1 Å². The topological polar surface area (TPSA) is 97.4 Å². The lowest BCUT2D eigenvalue weighted by Gasteiger charge is -2.21. The summed E-state index contributed by atoms with van der Waals surface area (Å²) in [5.41, 5.74) is 2.48. The van der Waals surface area contributed by atoms with Gasteiger partial charge in [-0.25, -0.2) is 0 Å². The second-order valence-corrected chi connectivity index (χ2v) is 7.62. The zero-order chi connectivity index (χ0) is 21.0. The third kappa shape index (κ3) is 5.13. The van der Waals surface area contributed by atoms with Gasteiger partial charge < -0.3 is 19.3 Å². The molecule has 0 aromatic carbocycles. The first-order valence-corrected chi connectivity index (χ1v) is 10.0. The summed E-state index contributed by atoms with van der Waals surface area (Å²) in [7, 11) is 0. The molecule has 2 aromatic rings. The van der Waals surface area contributed by atoms with Crippen LogP contribution in [0.2, 0.25) is 0 Å². The van der Waals surface area contributed by atoms with Crippen molar-refractivity contribution in [2.75, 3.05) is 6.54 Å². The lowest BCUT2D eigenvalue weighted by atomic mass is 10.1. The average Bonchev–Trinajstić information content (AvgIpc) is 2.88. The summed E-state index contributed by atoms with van der Waals surface area (Å²) in [6.07, 6.45) is 1.95. The summed E-state index contributed by atoms with van der Waals surface area (Å²) in [5, 5.41) is 6.97. The molecule has 3 heterocycles. The smallest absolute Gasteiger partial charge is 0.250 e. The van der Waals surface area contributed by atoms with E-state index >= 15 is 0 Å². The molecule has 1 aliphatic heterocycles. The second kappa shape index (κ2) is 9.07. The summed E-state index contributed by atoms with van der Waals surface area (Å²) in [6.45, 7) is 6.98. The molecule has 1 atom stereocenters. The lowest BCUT2D eigenvalue weighted by molar-refractivity contribution is -0.131. The largest absolute Gasteiger partial charge is 0.361 e. The molecule has 1 N–H and O–H groups in total. The average molecular weight is 400 g/mol. The molecule has 1 saturated heterocycles. The van der Waals surface area contributed by atoms with Crippen LogP contribution in [-0.4, -0.2) is 39.0 Å². The number of likely N-dealkylation sites (tertiary alicyclic amines) is 1. The molecule has 0 radical (unpaired) electrons. The number of nitrogens with one attached hydrogen (secondary N) is 1. The Morgan fingerprint density at radius 3 is 2.72 bits per heavy atom. The number of amides is 2. The van der Waals surface area contributed by atoms with Crippen molar-refractivity contribution in [1.82, 2.24) is 19.9 Å². The number of rotatable bonds is 6. The van der Waals surface area contributed by atoms with E-state index in [2.05, 4.69) is 10.5 Å². The first-order chi connectivity index (χ1) is 13.8. The number of carbonyl (C=O) groups excluding carboxylic acids is 2. The van der Waals surface area contributed by atoms with Gasteiger partial charge >= 0.3 is 0 Å². The van der Waals surface area contributed by atoms with Crippen LogP contribution in [0.15, 0.2) is 27.5 Å². The molecule has 156 valence electrons. The van der Waals surface area contributed by atoms with Crippen molar-refractivity contribution in [2.24, 2.45) is 0 Å². The van der Waals surface area contributed by atoms with Crippen LogP contribution in [0.1, 0.15) is 48.4 Å².